The zero-order valence-corrected chi connectivity index (χ0v) is 18.9. The Hall–Kier alpha value is -2.61. The number of hydrogen-bond donors (Lipinski definition) is 1. The molecule has 0 unspecified atom stereocenters. The van der Waals surface area contributed by atoms with Gasteiger partial charge in [0.05, 0.1) is 18.2 Å². The molecular formula is C22H19Cl2N3O3S. The van der Waals surface area contributed by atoms with Gasteiger partial charge in [0.2, 0.25) is 10.0 Å². The Kier molecular flexibility index (Phi) is 5.92. The molecule has 1 N–H and O–H groups in total. The average molecular weight is 476 g/mol. The van der Waals surface area contributed by atoms with Crippen LogP contribution < -0.4 is 9.73 Å². The summed E-state index contributed by atoms with van der Waals surface area (Å²) in [6, 6.07) is 14.6. The minimum Gasteiger partial charge on any atom is -0.271 e. The Morgan fingerprint density at radius 2 is 1.77 bits per heavy atom. The number of nitrogens with zero attached hydrogens (tertiary/aromatic N) is 2. The van der Waals surface area contributed by atoms with Crippen molar-refractivity contribution in [1.82, 2.24) is 5.43 Å². The summed E-state index contributed by atoms with van der Waals surface area (Å²) in [6.45, 7) is -0.462. The van der Waals surface area contributed by atoms with Gasteiger partial charge in [-0.1, -0.05) is 53.5 Å². The summed E-state index contributed by atoms with van der Waals surface area (Å²) in [5, 5.41) is 6.90. The summed E-state index contributed by atoms with van der Waals surface area (Å²) in [6.07, 6.45) is 4.63. The molecule has 160 valence electrons. The summed E-state index contributed by atoms with van der Waals surface area (Å²) >= 11 is 12.0. The number of carbonyl (C=O) groups excluding carboxylic acids is 1. The first-order valence-electron chi connectivity index (χ1n) is 9.51. The molecule has 3 aromatic carbocycles. The molecule has 31 heavy (non-hydrogen) atoms. The number of aryl methyl sites for hydroxylation is 2. The second-order valence-electron chi connectivity index (χ2n) is 7.34. The predicted octanol–water partition coefficient (Wildman–Crippen LogP) is 4.16. The number of benzene rings is 3. The molecule has 6 nitrogen and oxygen atoms in total. The number of halogens is 2. The number of rotatable bonds is 6. The minimum atomic E-state index is -3.75. The molecule has 1 aliphatic carbocycles. The van der Waals surface area contributed by atoms with Crippen molar-refractivity contribution in [2.24, 2.45) is 5.10 Å². The monoisotopic (exact) mass is 475 g/mol. The van der Waals surface area contributed by atoms with E-state index in [-0.39, 0.29) is 15.7 Å². The van der Waals surface area contributed by atoms with Crippen molar-refractivity contribution in [2.75, 3.05) is 17.1 Å². The fraction of sp³-hybridized carbons (Fsp3) is 0.182. The van der Waals surface area contributed by atoms with Gasteiger partial charge in [0.15, 0.2) is 0 Å². The second-order valence-corrected chi connectivity index (χ2v) is 10.1. The van der Waals surface area contributed by atoms with Crippen LogP contribution in [0.2, 0.25) is 10.0 Å². The van der Waals surface area contributed by atoms with Gasteiger partial charge in [0, 0.05) is 15.6 Å². The van der Waals surface area contributed by atoms with Crippen LogP contribution in [0.25, 0.3) is 10.8 Å². The van der Waals surface area contributed by atoms with Crippen LogP contribution >= 0.6 is 23.2 Å². The highest BCUT2D eigenvalue weighted by Gasteiger charge is 2.21. The highest BCUT2D eigenvalue weighted by Crippen LogP contribution is 2.32. The van der Waals surface area contributed by atoms with E-state index < -0.39 is 22.5 Å². The van der Waals surface area contributed by atoms with Crippen molar-refractivity contribution in [3.8, 4) is 0 Å². The number of hydrazone groups is 1. The minimum absolute atomic E-state index is 0.201. The largest absolute Gasteiger partial charge is 0.271 e. The van der Waals surface area contributed by atoms with Crippen LogP contribution in [0.5, 0.6) is 0 Å². The van der Waals surface area contributed by atoms with E-state index in [1.165, 1.54) is 34.7 Å². The maximum Gasteiger partial charge on any atom is 0.260 e. The van der Waals surface area contributed by atoms with E-state index in [0.29, 0.717) is 0 Å². The number of anilines is 1. The SMILES string of the molecule is CS(=O)(=O)N(CC(=O)N/N=C\c1ccc2c3c(cccc13)CC2)c1cc(Cl)cc(Cl)c1. The molecule has 0 saturated heterocycles. The van der Waals surface area contributed by atoms with E-state index in [9.17, 15) is 13.2 Å². The van der Waals surface area contributed by atoms with E-state index in [1.54, 1.807) is 6.21 Å². The molecule has 0 saturated carbocycles. The summed E-state index contributed by atoms with van der Waals surface area (Å²) < 4.78 is 25.4. The maximum atomic E-state index is 12.4. The Bertz CT molecular complexity index is 1290. The Morgan fingerprint density at radius 3 is 2.45 bits per heavy atom. The number of carbonyl (C=O) groups is 1. The van der Waals surface area contributed by atoms with Crippen molar-refractivity contribution in [1.29, 1.82) is 0 Å². The number of sulfonamides is 1. The molecule has 9 heteroatoms. The number of hydrogen-bond acceptors (Lipinski definition) is 4. The number of amides is 1. The zero-order chi connectivity index (χ0) is 22.2. The number of nitrogens with one attached hydrogen (secondary N) is 1. The summed E-state index contributed by atoms with van der Waals surface area (Å²) in [4.78, 5) is 12.4. The van der Waals surface area contributed by atoms with Crippen molar-refractivity contribution < 1.29 is 13.2 Å². The first kappa shape index (κ1) is 21.6. The Balaban J connectivity index is 1.52. The third-order valence-corrected chi connectivity index (χ3v) is 6.70. The van der Waals surface area contributed by atoms with Gasteiger partial charge in [0.25, 0.3) is 5.91 Å². The standard InChI is InChI=1S/C22H19Cl2N3O3S/c1-31(29,30)27(19-10-17(23)9-18(24)11-19)13-21(28)26-25-12-16-8-7-15-6-5-14-3-2-4-20(16)22(14)15/h2-4,7-12H,5-6,13H2,1H3,(H,26,28)/b25-12-. The molecule has 0 spiro atoms. The van der Waals surface area contributed by atoms with E-state index in [2.05, 4.69) is 22.7 Å². The van der Waals surface area contributed by atoms with Gasteiger partial charge in [-0.2, -0.15) is 5.10 Å². The lowest BCUT2D eigenvalue weighted by molar-refractivity contribution is -0.119. The average Bonchev–Trinajstić information content (AvgIpc) is 3.11. The van der Waals surface area contributed by atoms with Gasteiger partial charge < -0.3 is 0 Å². The molecular weight excluding hydrogens is 457 g/mol. The van der Waals surface area contributed by atoms with Gasteiger partial charge in [-0.25, -0.2) is 13.8 Å². The molecule has 1 aliphatic rings. The lowest BCUT2D eigenvalue weighted by Crippen LogP contribution is -2.39. The maximum absolute atomic E-state index is 12.4. The van der Waals surface area contributed by atoms with Crippen LogP contribution in [0.4, 0.5) is 5.69 Å². The third kappa shape index (κ3) is 4.69. The van der Waals surface area contributed by atoms with Gasteiger partial charge >= 0.3 is 0 Å². The van der Waals surface area contributed by atoms with Crippen molar-refractivity contribution in [3.63, 3.8) is 0 Å². The molecule has 0 heterocycles. The Morgan fingerprint density at radius 1 is 1.10 bits per heavy atom. The molecule has 1 amide bonds. The predicted molar refractivity (Wildman–Crippen MR) is 126 cm³/mol. The molecule has 0 bridgehead atoms. The van der Waals surface area contributed by atoms with Crippen LogP contribution in [0, 0.1) is 0 Å². The summed E-state index contributed by atoms with van der Waals surface area (Å²) in [5.41, 5.74) is 6.11. The molecule has 0 fully saturated rings. The van der Waals surface area contributed by atoms with E-state index in [0.717, 1.165) is 34.4 Å². The highest BCUT2D eigenvalue weighted by molar-refractivity contribution is 7.92. The molecule has 4 rings (SSSR count). The highest BCUT2D eigenvalue weighted by atomic mass is 35.5. The smallest absolute Gasteiger partial charge is 0.260 e. The topological polar surface area (TPSA) is 78.8 Å². The first-order valence-corrected chi connectivity index (χ1v) is 12.1. The lowest BCUT2D eigenvalue weighted by atomic mass is 10.0. The van der Waals surface area contributed by atoms with Crippen molar-refractivity contribution in [3.05, 3.63) is 75.3 Å². The van der Waals surface area contributed by atoms with Crippen LogP contribution in [0.15, 0.2) is 53.6 Å². The zero-order valence-electron chi connectivity index (χ0n) is 16.6. The van der Waals surface area contributed by atoms with E-state index >= 15 is 0 Å². The van der Waals surface area contributed by atoms with Gasteiger partial charge in [-0.05, 0) is 52.9 Å². The van der Waals surface area contributed by atoms with E-state index in [4.69, 9.17) is 23.2 Å². The molecule has 3 aromatic rings. The molecule has 0 radical (unpaired) electrons. The Labute approximate surface area is 190 Å². The van der Waals surface area contributed by atoms with Gasteiger partial charge in [-0.3, -0.25) is 9.10 Å². The van der Waals surface area contributed by atoms with Crippen LogP contribution in [-0.2, 0) is 27.7 Å². The fourth-order valence-electron chi connectivity index (χ4n) is 3.80. The fourth-order valence-corrected chi connectivity index (χ4v) is 5.16. The third-order valence-electron chi connectivity index (χ3n) is 5.13. The van der Waals surface area contributed by atoms with Crippen molar-refractivity contribution >= 4 is 61.8 Å². The van der Waals surface area contributed by atoms with Gasteiger partial charge in [-0.15, -0.1) is 0 Å². The van der Waals surface area contributed by atoms with Crippen LogP contribution in [0.1, 0.15) is 16.7 Å². The van der Waals surface area contributed by atoms with Crippen molar-refractivity contribution in [2.45, 2.75) is 12.8 Å². The quantitative estimate of drug-likeness (QED) is 0.429. The van der Waals surface area contributed by atoms with Crippen LogP contribution in [0.3, 0.4) is 0 Å². The van der Waals surface area contributed by atoms with E-state index in [1.807, 2.05) is 18.2 Å². The normalized spacial score (nSPS) is 13.1. The first-order chi connectivity index (χ1) is 14.7. The molecule has 0 aromatic heterocycles. The van der Waals surface area contributed by atoms with Crippen LogP contribution in [-0.4, -0.2) is 33.3 Å². The summed E-state index contributed by atoms with van der Waals surface area (Å²) in [7, 11) is -3.75. The molecule has 0 atom stereocenters. The summed E-state index contributed by atoms with van der Waals surface area (Å²) in [5.74, 6) is -0.594. The molecule has 0 aliphatic heterocycles. The second kappa shape index (κ2) is 8.49. The van der Waals surface area contributed by atoms with Gasteiger partial charge in [0.1, 0.15) is 6.54 Å². The lowest BCUT2D eigenvalue weighted by Gasteiger charge is -2.21.